The normalized spacial score (nSPS) is 23.6. The Hall–Kier alpha value is -1.87. The predicted octanol–water partition coefficient (Wildman–Crippen LogP) is 0.00802. The van der Waals surface area contributed by atoms with Gasteiger partial charge in [-0.1, -0.05) is 0 Å². The zero-order valence-corrected chi connectivity index (χ0v) is 11.9. The van der Waals surface area contributed by atoms with E-state index in [1.165, 1.54) is 12.8 Å². The summed E-state index contributed by atoms with van der Waals surface area (Å²) in [5.41, 5.74) is 0. The number of tetrazole rings is 1. The van der Waals surface area contributed by atoms with Crippen molar-refractivity contribution in [3.8, 4) is 0 Å². The lowest BCUT2D eigenvalue weighted by atomic mass is 10.2. The van der Waals surface area contributed by atoms with E-state index < -0.39 is 0 Å². The molecule has 1 aliphatic carbocycles. The molecule has 1 saturated carbocycles. The second-order valence-corrected chi connectivity index (χ2v) is 5.64. The molecular weight excluding hydrogens is 272 g/mol. The third kappa shape index (κ3) is 2.66. The Morgan fingerprint density at radius 2 is 2.29 bits per heavy atom. The summed E-state index contributed by atoms with van der Waals surface area (Å²) in [5.74, 6) is 2.46. The molecule has 4 rings (SSSR count). The molecule has 1 N–H and O–H groups in total. The highest BCUT2D eigenvalue weighted by atomic mass is 16.5. The molecule has 1 atom stereocenters. The fourth-order valence-electron chi connectivity index (χ4n) is 2.63. The zero-order chi connectivity index (χ0) is 14.2. The first-order valence-electron chi connectivity index (χ1n) is 7.29. The average molecular weight is 290 g/mol. The average Bonchev–Trinajstić information content (AvgIpc) is 3.08. The molecule has 2 fully saturated rings. The van der Waals surface area contributed by atoms with Gasteiger partial charge in [-0.3, -0.25) is 10.00 Å². The van der Waals surface area contributed by atoms with E-state index in [0.717, 1.165) is 37.1 Å². The number of rotatable bonds is 4. The molecule has 3 heterocycles. The molecule has 2 aromatic heterocycles. The maximum absolute atomic E-state index is 5.77. The van der Waals surface area contributed by atoms with E-state index in [4.69, 9.17) is 4.74 Å². The number of hydrogen-bond acceptors (Lipinski definition) is 7. The van der Waals surface area contributed by atoms with Crippen molar-refractivity contribution in [1.29, 1.82) is 0 Å². The molecule has 1 saturated heterocycles. The van der Waals surface area contributed by atoms with Crippen molar-refractivity contribution in [3.05, 3.63) is 17.5 Å². The molecule has 2 aromatic rings. The summed E-state index contributed by atoms with van der Waals surface area (Å²) in [6.07, 6.45) is 2.27. The Kier molecular flexibility index (Phi) is 3.15. The van der Waals surface area contributed by atoms with Gasteiger partial charge in [0.05, 0.1) is 19.2 Å². The highest BCUT2D eigenvalue weighted by Crippen LogP contribution is 2.34. The van der Waals surface area contributed by atoms with Gasteiger partial charge in [-0.25, -0.2) is 9.67 Å². The van der Waals surface area contributed by atoms with E-state index in [0.29, 0.717) is 12.6 Å². The Balaban J connectivity index is 1.44. The monoisotopic (exact) mass is 290 g/mol. The Labute approximate surface area is 121 Å². The molecule has 2 aliphatic rings. The van der Waals surface area contributed by atoms with Gasteiger partial charge in [0.2, 0.25) is 0 Å². The van der Waals surface area contributed by atoms with Gasteiger partial charge in [0.1, 0.15) is 11.9 Å². The molecule has 112 valence electrons. The highest BCUT2D eigenvalue weighted by molar-refractivity contribution is 4.96. The van der Waals surface area contributed by atoms with Crippen LogP contribution >= 0.6 is 0 Å². The summed E-state index contributed by atoms with van der Waals surface area (Å²) in [6.45, 7) is 4.93. The van der Waals surface area contributed by atoms with Crippen molar-refractivity contribution in [2.75, 3.05) is 19.7 Å². The van der Waals surface area contributed by atoms with Crippen LogP contribution in [0.25, 0.3) is 0 Å². The highest BCUT2D eigenvalue weighted by Gasteiger charge is 2.30. The van der Waals surface area contributed by atoms with Crippen LogP contribution in [0.3, 0.4) is 0 Å². The molecule has 0 amide bonds. The van der Waals surface area contributed by atoms with Gasteiger partial charge in [-0.15, -0.1) is 5.10 Å². The van der Waals surface area contributed by atoms with E-state index in [1.54, 1.807) is 0 Å². The fourth-order valence-corrected chi connectivity index (χ4v) is 2.63. The summed E-state index contributed by atoms with van der Waals surface area (Å²) in [7, 11) is 0. The third-order valence-corrected chi connectivity index (χ3v) is 3.87. The van der Waals surface area contributed by atoms with E-state index in [-0.39, 0.29) is 6.10 Å². The number of ether oxygens (including phenoxy) is 1. The fraction of sp³-hybridized carbons (Fsp3) is 0.750. The van der Waals surface area contributed by atoms with E-state index in [2.05, 4.69) is 35.6 Å². The third-order valence-electron chi connectivity index (χ3n) is 3.87. The zero-order valence-electron chi connectivity index (χ0n) is 11.9. The minimum absolute atomic E-state index is 0.0889. The van der Waals surface area contributed by atoms with Crippen molar-refractivity contribution in [2.24, 2.45) is 0 Å². The number of aromatic nitrogens is 7. The summed E-state index contributed by atoms with van der Waals surface area (Å²) >= 11 is 0. The smallest absolute Gasteiger partial charge is 0.180 e. The van der Waals surface area contributed by atoms with Crippen LogP contribution in [0.1, 0.15) is 42.5 Å². The van der Waals surface area contributed by atoms with Gasteiger partial charge in [0.15, 0.2) is 11.6 Å². The van der Waals surface area contributed by atoms with Crippen LogP contribution in [-0.2, 0) is 11.3 Å². The largest absolute Gasteiger partial charge is 0.367 e. The van der Waals surface area contributed by atoms with E-state index >= 15 is 0 Å². The van der Waals surface area contributed by atoms with Crippen molar-refractivity contribution >= 4 is 0 Å². The van der Waals surface area contributed by atoms with Gasteiger partial charge >= 0.3 is 0 Å². The van der Waals surface area contributed by atoms with Crippen LogP contribution in [-0.4, -0.2) is 60.0 Å². The summed E-state index contributed by atoms with van der Waals surface area (Å²) in [6, 6.07) is 0.502. The molecule has 0 bridgehead atoms. The summed E-state index contributed by atoms with van der Waals surface area (Å²) < 4.78 is 7.73. The molecule has 9 nitrogen and oxygen atoms in total. The number of hydrogen-bond donors (Lipinski definition) is 1. The quantitative estimate of drug-likeness (QED) is 0.846. The Morgan fingerprint density at radius 3 is 3.05 bits per heavy atom. The first kappa shape index (κ1) is 12.8. The van der Waals surface area contributed by atoms with Crippen LogP contribution in [0.15, 0.2) is 0 Å². The molecule has 0 aromatic carbocycles. The van der Waals surface area contributed by atoms with Gasteiger partial charge in [0.25, 0.3) is 0 Å². The summed E-state index contributed by atoms with van der Waals surface area (Å²) in [5, 5.41) is 19.1. The molecule has 9 heteroatoms. The second kappa shape index (κ2) is 5.15. The molecule has 1 unspecified atom stereocenters. The molecule has 0 spiro atoms. The number of nitrogens with zero attached hydrogens (tertiary/aromatic N) is 7. The van der Waals surface area contributed by atoms with Crippen molar-refractivity contribution in [1.82, 2.24) is 40.3 Å². The number of H-pyrrole nitrogens is 1. The maximum atomic E-state index is 5.77. The first-order chi connectivity index (χ1) is 10.3. The topological polar surface area (TPSA) is 97.6 Å². The van der Waals surface area contributed by atoms with E-state index in [1.807, 2.05) is 11.6 Å². The second-order valence-electron chi connectivity index (χ2n) is 5.64. The van der Waals surface area contributed by atoms with Crippen LogP contribution < -0.4 is 0 Å². The minimum Gasteiger partial charge on any atom is -0.367 e. The Bertz CT molecular complexity index is 618. The standard InChI is InChI=1S/C12H18N8O/c1-8-13-12(16-14-8)10-6-19(4-5-21-10)7-11-15-17-18-20(11)9-2-3-9/h9-10H,2-7H2,1H3,(H,13,14,16). The number of aryl methyl sites for hydroxylation is 1. The maximum Gasteiger partial charge on any atom is 0.180 e. The Morgan fingerprint density at radius 1 is 1.38 bits per heavy atom. The lowest BCUT2D eigenvalue weighted by Crippen LogP contribution is -2.38. The number of morpholine rings is 1. The van der Waals surface area contributed by atoms with Gasteiger partial charge in [-0.2, -0.15) is 5.10 Å². The lowest BCUT2D eigenvalue weighted by molar-refractivity contribution is -0.0381. The van der Waals surface area contributed by atoms with Crippen molar-refractivity contribution < 1.29 is 4.74 Å². The molecule has 1 aliphatic heterocycles. The van der Waals surface area contributed by atoms with Gasteiger partial charge in [0, 0.05) is 13.1 Å². The minimum atomic E-state index is -0.0889. The van der Waals surface area contributed by atoms with Gasteiger partial charge in [-0.05, 0) is 30.2 Å². The van der Waals surface area contributed by atoms with Crippen LogP contribution in [0.5, 0.6) is 0 Å². The first-order valence-corrected chi connectivity index (χ1v) is 7.29. The van der Waals surface area contributed by atoms with Crippen LogP contribution in [0, 0.1) is 6.92 Å². The van der Waals surface area contributed by atoms with E-state index in [9.17, 15) is 0 Å². The lowest BCUT2D eigenvalue weighted by Gasteiger charge is -2.31. The molecule has 0 radical (unpaired) electrons. The predicted molar refractivity (Wildman–Crippen MR) is 71.2 cm³/mol. The van der Waals surface area contributed by atoms with Crippen molar-refractivity contribution in [2.45, 2.75) is 38.5 Å². The molecular formula is C12H18N8O. The van der Waals surface area contributed by atoms with Gasteiger partial charge < -0.3 is 4.74 Å². The van der Waals surface area contributed by atoms with Crippen LogP contribution in [0.4, 0.5) is 0 Å². The van der Waals surface area contributed by atoms with Crippen LogP contribution in [0.2, 0.25) is 0 Å². The number of nitrogens with one attached hydrogen (secondary N) is 1. The molecule has 21 heavy (non-hydrogen) atoms. The summed E-state index contributed by atoms with van der Waals surface area (Å²) in [4.78, 5) is 6.65. The number of aromatic amines is 1. The SMILES string of the molecule is Cc1nc(C2CN(Cc3nnnn3C3CC3)CCO2)n[nH]1. The van der Waals surface area contributed by atoms with Crippen molar-refractivity contribution in [3.63, 3.8) is 0 Å².